The van der Waals surface area contributed by atoms with E-state index >= 15 is 0 Å². The maximum Gasteiger partial charge on any atom is 0.147 e. The van der Waals surface area contributed by atoms with E-state index in [0.29, 0.717) is 22.3 Å². The quantitative estimate of drug-likeness (QED) is 0.527. The van der Waals surface area contributed by atoms with Gasteiger partial charge in [0.15, 0.2) is 0 Å². The van der Waals surface area contributed by atoms with Gasteiger partial charge in [0.1, 0.15) is 11.5 Å². The highest BCUT2D eigenvalue weighted by Gasteiger charge is 2.11. The van der Waals surface area contributed by atoms with Gasteiger partial charge in [-0.1, -0.05) is 46.1 Å². The van der Waals surface area contributed by atoms with Gasteiger partial charge < -0.3 is 10.1 Å². The van der Waals surface area contributed by atoms with Crippen molar-refractivity contribution in [3.8, 4) is 11.5 Å². The molecule has 2 aromatic carbocycles. The first-order chi connectivity index (χ1) is 10.0. The Hall–Kier alpha value is -0.260. The second-order valence-corrected chi connectivity index (χ2v) is 6.92. The summed E-state index contributed by atoms with van der Waals surface area (Å²) in [6.07, 6.45) is 0. The number of hydrogen-bond acceptors (Lipinski definition) is 2. The van der Waals surface area contributed by atoms with Gasteiger partial charge in [-0.05, 0) is 46.7 Å². The molecule has 0 atom stereocenters. The molecule has 0 amide bonds. The molecule has 1 N–H and O–H groups in total. The highest BCUT2D eigenvalue weighted by Crippen LogP contribution is 2.37. The second-order valence-electron chi connectivity index (χ2n) is 4.33. The summed E-state index contributed by atoms with van der Waals surface area (Å²) in [7, 11) is 0. The van der Waals surface area contributed by atoms with Gasteiger partial charge >= 0.3 is 0 Å². The summed E-state index contributed by atoms with van der Waals surface area (Å²) in [5.41, 5.74) is 1.04. The summed E-state index contributed by atoms with van der Waals surface area (Å²) in [4.78, 5) is 0. The molecule has 2 nitrogen and oxygen atoms in total. The average Bonchev–Trinajstić information content (AvgIpc) is 2.44. The lowest BCUT2D eigenvalue weighted by atomic mass is 10.2. The van der Waals surface area contributed by atoms with E-state index in [0.717, 1.165) is 26.8 Å². The molecule has 0 aliphatic carbocycles. The molecule has 0 fully saturated rings. The van der Waals surface area contributed by atoms with Crippen molar-refractivity contribution in [1.82, 2.24) is 5.32 Å². The van der Waals surface area contributed by atoms with E-state index in [2.05, 4.69) is 44.1 Å². The summed E-state index contributed by atoms with van der Waals surface area (Å²) in [6, 6.07) is 9.28. The van der Waals surface area contributed by atoms with Gasteiger partial charge in [0.2, 0.25) is 0 Å². The molecule has 112 valence electrons. The van der Waals surface area contributed by atoms with Crippen LogP contribution in [0.2, 0.25) is 10.0 Å². The zero-order valence-electron chi connectivity index (χ0n) is 11.2. The molecule has 0 radical (unpaired) electrons. The molecule has 6 heteroatoms. The van der Waals surface area contributed by atoms with Crippen LogP contribution in [0.1, 0.15) is 12.5 Å². The standard InChI is InChI=1S/C15H13Br2Cl2NO/c1-2-20-8-9-5-10(16)3-4-14(9)21-15-7-12(18)11(17)6-13(15)19/h3-7,20H,2,8H2,1H3. The molecule has 2 aromatic rings. The van der Waals surface area contributed by atoms with E-state index in [1.165, 1.54) is 0 Å². The molecule has 0 bridgehead atoms. The van der Waals surface area contributed by atoms with Crippen LogP contribution >= 0.6 is 55.1 Å². The highest BCUT2D eigenvalue weighted by molar-refractivity contribution is 9.10. The third-order valence-corrected chi connectivity index (χ3v) is 4.77. The van der Waals surface area contributed by atoms with Crippen molar-refractivity contribution in [1.29, 1.82) is 0 Å². The van der Waals surface area contributed by atoms with Crippen LogP contribution in [0.15, 0.2) is 39.3 Å². The Morgan fingerprint density at radius 3 is 2.52 bits per heavy atom. The van der Waals surface area contributed by atoms with Crippen molar-refractivity contribution >= 4 is 55.1 Å². The van der Waals surface area contributed by atoms with Gasteiger partial charge in [0, 0.05) is 27.1 Å². The summed E-state index contributed by atoms with van der Waals surface area (Å²) >= 11 is 19.1. The summed E-state index contributed by atoms with van der Waals surface area (Å²) < 4.78 is 7.67. The minimum atomic E-state index is 0.503. The number of ether oxygens (including phenoxy) is 1. The third-order valence-electron chi connectivity index (χ3n) is 2.78. The molecule has 0 spiro atoms. The summed E-state index contributed by atoms with van der Waals surface area (Å²) in [6.45, 7) is 3.66. The zero-order valence-corrected chi connectivity index (χ0v) is 15.9. The summed E-state index contributed by atoms with van der Waals surface area (Å²) in [5, 5.41) is 4.34. The van der Waals surface area contributed by atoms with Crippen molar-refractivity contribution in [3.05, 3.63) is 54.9 Å². The molecule has 0 heterocycles. The van der Waals surface area contributed by atoms with Gasteiger partial charge in [-0.25, -0.2) is 0 Å². The SMILES string of the molecule is CCNCc1cc(Br)ccc1Oc1cc(Cl)c(Br)cc1Cl. The van der Waals surface area contributed by atoms with E-state index in [1.54, 1.807) is 12.1 Å². The maximum absolute atomic E-state index is 6.20. The Morgan fingerprint density at radius 2 is 1.81 bits per heavy atom. The fourth-order valence-corrected chi connectivity index (χ4v) is 2.99. The number of hydrogen-bond donors (Lipinski definition) is 1. The van der Waals surface area contributed by atoms with E-state index < -0.39 is 0 Å². The Labute approximate surface area is 151 Å². The normalized spacial score (nSPS) is 10.7. The van der Waals surface area contributed by atoms with Crippen LogP contribution in [0.25, 0.3) is 0 Å². The minimum Gasteiger partial charge on any atom is -0.455 e. The van der Waals surface area contributed by atoms with Gasteiger partial charge in [-0.15, -0.1) is 0 Å². The number of nitrogens with one attached hydrogen (secondary N) is 1. The third kappa shape index (κ3) is 4.60. The van der Waals surface area contributed by atoms with Gasteiger partial charge in [-0.2, -0.15) is 0 Å². The van der Waals surface area contributed by atoms with Crippen molar-refractivity contribution in [2.24, 2.45) is 0 Å². The Balaban J connectivity index is 2.32. The zero-order chi connectivity index (χ0) is 15.4. The molecule has 0 saturated carbocycles. The Bertz CT molecular complexity index is 650. The van der Waals surface area contributed by atoms with Crippen molar-refractivity contribution in [2.75, 3.05) is 6.54 Å². The molecule has 0 aromatic heterocycles. The van der Waals surface area contributed by atoms with Crippen LogP contribution < -0.4 is 10.1 Å². The van der Waals surface area contributed by atoms with Crippen LogP contribution in [-0.2, 0) is 6.54 Å². The van der Waals surface area contributed by atoms with E-state index in [9.17, 15) is 0 Å². The second kappa shape index (κ2) is 7.84. The molecular weight excluding hydrogens is 441 g/mol. The minimum absolute atomic E-state index is 0.503. The summed E-state index contributed by atoms with van der Waals surface area (Å²) in [5.74, 6) is 1.28. The molecule has 0 unspecified atom stereocenters. The molecular formula is C15H13Br2Cl2NO. The first-order valence-corrected chi connectivity index (χ1v) is 8.67. The predicted octanol–water partition coefficient (Wildman–Crippen LogP) is 6.42. The maximum atomic E-state index is 6.20. The smallest absolute Gasteiger partial charge is 0.147 e. The van der Waals surface area contributed by atoms with Crippen LogP contribution in [0, 0.1) is 0 Å². The number of halogens is 4. The fraction of sp³-hybridized carbons (Fsp3) is 0.200. The molecule has 0 aliphatic rings. The van der Waals surface area contributed by atoms with Crippen LogP contribution in [0.3, 0.4) is 0 Å². The Morgan fingerprint density at radius 1 is 1.05 bits per heavy atom. The first kappa shape index (κ1) is 17.1. The topological polar surface area (TPSA) is 21.3 Å². The van der Waals surface area contributed by atoms with Crippen LogP contribution in [-0.4, -0.2) is 6.54 Å². The van der Waals surface area contributed by atoms with Gasteiger partial charge in [-0.3, -0.25) is 0 Å². The lowest BCUT2D eigenvalue weighted by Gasteiger charge is -2.14. The predicted molar refractivity (Wildman–Crippen MR) is 95.8 cm³/mol. The van der Waals surface area contributed by atoms with E-state index in [-0.39, 0.29) is 0 Å². The number of rotatable bonds is 5. The highest BCUT2D eigenvalue weighted by atomic mass is 79.9. The van der Waals surface area contributed by atoms with Gasteiger partial charge in [0.25, 0.3) is 0 Å². The van der Waals surface area contributed by atoms with E-state index in [1.807, 2.05) is 18.2 Å². The molecule has 0 saturated heterocycles. The first-order valence-electron chi connectivity index (χ1n) is 6.32. The van der Waals surface area contributed by atoms with Crippen molar-refractivity contribution < 1.29 is 4.74 Å². The largest absolute Gasteiger partial charge is 0.455 e. The molecule has 21 heavy (non-hydrogen) atoms. The molecule has 2 rings (SSSR count). The average molecular weight is 454 g/mol. The molecule has 0 aliphatic heterocycles. The monoisotopic (exact) mass is 451 g/mol. The lowest BCUT2D eigenvalue weighted by molar-refractivity contribution is 0.473. The van der Waals surface area contributed by atoms with E-state index in [4.69, 9.17) is 27.9 Å². The van der Waals surface area contributed by atoms with Crippen molar-refractivity contribution in [2.45, 2.75) is 13.5 Å². The van der Waals surface area contributed by atoms with Crippen LogP contribution in [0.5, 0.6) is 11.5 Å². The lowest BCUT2D eigenvalue weighted by Crippen LogP contribution is -2.12. The van der Waals surface area contributed by atoms with Crippen molar-refractivity contribution in [3.63, 3.8) is 0 Å². The number of benzene rings is 2. The fourth-order valence-electron chi connectivity index (χ4n) is 1.75. The van der Waals surface area contributed by atoms with Gasteiger partial charge in [0.05, 0.1) is 10.0 Å². The Kier molecular flexibility index (Phi) is 6.38. The van der Waals surface area contributed by atoms with Crippen LogP contribution in [0.4, 0.5) is 0 Å².